The first kappa shape index (κ1) is 9.18. The molecule has 1 fully saturated rings. The monoisotopic (exact) mass is 220 g/mol. The summed E-state index contributed by atoms with van der Waals surface area (Å²) in [4.78, 5) is 13.7. The van der Waals surface area contributed by atoms with E-state index in [4.69, 9.17) is 0 Å². The molecule has 2 heterocycles. The number of hydrogen-bond acceptors (Lipinski definition) is 5. The van der Waals surface area contributed by atoms with Crippen molar-refractivity contribution >= 4 is 21.8 Å². The zero-order valence-corrected chi connectivity index (χ0v) is 9.13. The van der Waals surface area contributed by atoms with Crippen LogP contribution < -0.4 is 5.32 Å². The zero-order valence-electron chi connectivity index (χ0n) is 8.31. The number of aromatic nitrogens is 3. The fourth-order valence-electron chi connectivity index (χ4n) is 1.50. The fourth-order valence-corrected chi connectivity index (χ4v) is 2.33. The molecule has 0 bridgehead atoms. The van der Waals surface area contributed by atoms with Gasteiger partial charge in [-0.15, -0.1) is 0 Å². The van der Waals surface area contributed by atoms with E-state index in [0.717, 1.165) is 34.5 Å². The van der Waals surface area contributed by atoms with Crippen LogP contribution in [0.2, 0.25) is 0 Å². The summed E-state index contributed by atoms with van der Waals surface area (Å²) >= 11 is 1.62. The summed E-state index contributed by atoms with van der Waals surface area (Å²) in [6, 6.07) is 0. The Hall–Kier alpha value is -1.07. The first-order valence-corrected chi connectivity index (χ1v) is 6.00. The maximum Gasteiger partial charge on any atom is 0.189 e. The van der Waals surface area contributed by atoms with Gasteiger partial charge in [0.2, 0.25) is 0 Å². The lowest BCUT2D eigenvalue weighted by Gasteiger charge is -1.98. The van der Waals surface area contributed by atoms with E-state index >= 15 is 0 Å². The molecule has 2 aromatic heterocycles. The molecule has 1 aliphatic rings. The normalized spacial score (nSPS) is 16.0. The smallest absolute Gasteiger partial charge is 0.189 e. The summed E-state index contributed by atoms with van der Waals surface area (Å²) in [6.45, 7) is 1.97. The van der Waals surface area contributed by atoms with Gasteiger partial charge in [-0.25, -0.2) is 15.0 Å². The minimum absolute atomic E-state index is 0.769. The highest BCUT2D eigenvalue weighted by molar-refractivity contribution is 7.18. The van der Waals surface area contributed by atoms with Gasteiger partial charge < -0.3 is 5.32 Å². The fraction of sp³-hybridized carbons (Fsp3) is 0.500. The molecule has 2 aromatic rings. The highest BCUT2D eigenvalue weighted by Gasteiger charge is 2.20. The van der Waals surface area contributed by atoms with Crippen molar-refractivity contribution in [3.05, 3.63) is 17.4 Å². The molecular formula is C10H12N4S. The van der Waals surface area contributed by atoms with Gasteiger partial charge in [-0.05, 0) is 25.3 Å². The second-order valence-corrected chi connectivity index (χ2v) is 4.93. The molecule has 1 aliphatic carbocycles. The van der Waals surface area contributed by atoms with Gasteiger partial charge in [0.25, 0.3) is 0 Å². The van der Waals surface area contributed by atoms with Crippen LogP contribution in [0.5, 0.6) is 0 Å². The molecule has 15 heavy (non-hydrogen) atoms. The number of rotatable bonds is 4. The van der Waals surface area contributed by atoms with Crippen molar-refractivity contribution in [1.29, 1.82) is 0 Å². The summed E-state index contributed by atoms with van der Waals surface area (Å²) in [5.74, 6) is 0.913. The Kier molecular flexibility index (Phi) is 2.34. The van der Waals surface area contributed by atoms with Crippen LogP contribution in [0.4, 0.5) is 0 Å². The summed E-state index contributed by atoms with van der Waals surface area (Å²) in [5.41, 5.74) is 0.769. The molecule has 1 N–H and O–H groups in total. The predicted molar refractivity (Wildman–Crippen MR) is 59.6 cm³/mol. The van der Waals surface area contributed by atoms with E-state index in [2.05, 4.69) is 20.3 Å². The van der Waals surface area contributed by atoms with E-state index in [1.54, 1.807) is 23.7 Å². The average molecular weight is 220 g/mol. The molecule has 0 saturated heterocycles. The predicted octanol–water partition coefficient (Wildman–Crippen LogP) is 1.59. The van der Waals surface area contributed by atoms with Crippen LogP contribution in [0.1, 0.15) is 17.8 Å². The Morgan fingerprint density at radius 1 is 1.33 bits per heavy atom. The van der Waals surface area contributed by atoms with Crippen molar-refractivity contribution in [1.82, 2.24) is 20.3 Å². The average Bonchev–Trinajstić information content (AvgIpc) is 2.97. The van der Waals surface area contributed by atoms with Crippen molar-refractivity contribution in [2.24, 2.45) is 5.92 Å². The minimum atomic E-state index is 0.769. The SMILES string of the molecule is c1cnc2sc(CNCC3CC3)nc2n1. The van der Waals surface area contributed by atoms with Gasteiger partial charge >= 0.3 is 0 Å². The van der Waals surface area contributed by atoms with Crippen molar-refractivity contribution in [2.75, 3.05) is 6.54 Å². The molecule has 0 radical (unpaired) electrons. The maximum atomic E-state index is 4.41. The van der Waals surface area contributed by atoms with E-state index in [-0.39, 0.29) is 0 Å². The van der Waals surface area contributed by atoms with Crippen LogP contribution in [-0.2, 0) is 6.54 Å². The molecule has 3 rings (SSSR count). The van der Waals surface area contributed by atoms with E-state index in [0.29, 0.717) is 0 Å². The number of nitrogens with zero attached hydrogens (tertiary/aromatic N) is 3. The largest absolute Gasteiger partial charge is 0.310 e. The third kappa shape index (κ3) is 2.13. The Bertz CT molecular complexity index is 430. The molecule has 4 nitrogen and oxygen atoms in total. The Balaban J connectivity index is 1.68. The van der Waals surface area contributed by atoms with E-state index in [9.17, 15) is 0 Å². The number of fused-ring (bicyclic) bond motifs is 1. The van der Waals surface area contributed by atoms with Crippen LogP contribution in [-0.4, -0.2) is 21.5 Å². The molecule has 5 heteroatoms. The number of thiazole rings is 1. The van der Waals surface area contributed by atoms with Crippen LogP contribution in [0.3, 0.4) is 0 Å². The van der Waals surface area contributed by atoms with Gasteiger partial charge in [0.15, 0.2) is 10.5 Å². The van der Waals surface area contributed by atoms with Gasteiger partial charge in [-0.3, -0.25) is 0 Å². The third-order valence-corrected chi connectivity index (χ3v) is 3.45. The van der Waals surface area contributed by atoms with Gasteiger partial charge in [-0.2, -0.15) is 0 Å². The maximum absolute atomic E-state index is 4.41. The lowest BCUT2D eigenvalue weighted by Crippen LogP contribution is -2.15. The minimum Gasteiger partial charge on any atom is -0.310 e. The first-order valence-electron chi connectivity index (χ1n) is 5.19. The summed E-state index contributed by atoms with van der Waals surface area (Å²) in [7, 11) is 0. The molecule has 0 unspecified atom stereocenters. The van der Waals surface area contributed by atoms with Crippen LogP contribution in [0, 0.1) is 5.92 Å². The van der Waals surface area contributed by atoms with Gasteiger partial charge in [0.05, 0.1) is 0 Å². The van der Waals surface area contributed by atoms with Crippen molar-refractivity contribution in [3.63, 3.8) is 0 Å². The number of hydrogen-bond donors (Lipinski definition) is 1. The van der Waals surface area contributed by atoms with Gasteiger partial charge in [0.1, 0.15) is 5.01 Å². The molecular weight excluding hydrogens is 208 g/mol. The Morgan fingerprint density at radius 3 is 3.00 bits per heavy atom. The first-order chi connectivity index (χ1) is 7.42. The van der Waals surface area contributed by atoms with E-state index in [1.807, 2.05) is 0 Å². The third-order valence-electron chi connectivity index (χ3n) is 2.50. The lowest BCUT2D eigenvalue weighted by atomic mass is 10.4. The Labute approximate surface area is 91.8 Å². The summed E-state index contributed by atoms with van der Waals surface area (Å²) in [6.07, 6.45) is 6.16. The molecule has 0 spiro atoms. The second-order valence-electron chi connectivity index (χ2n) is 3.87. The summed E-state index contributed by atoms with van der Waals surface area (Å²) < 4.78 is 0. The van der Waals surface area contributed by atoms with E-state index < -0.39 is 0 Å². The van der Waals surface area contributed by atoms with Crippen LogP contribution >= 0.6 is 11.3 Å². The Morgan fingerprint density at radius 2 is 2.20 bits per heavy atom. The van der Waals surface area contributed by atoms with Crippen molar-refractivity contribution < 1.29 is 0 Å². The van der Waals surface area contributed by atoms with Gasteiger partial charge in [-0.1, -0.05) is 11.3 Å². The van der Waals surface area contributed by atoms with Crippen molar-refractivity contribution in [3.8, 4) is 0 Å². The van der Waals surface area contributed by atoms with E-state index in [1.165, 1.54) is 12.8 Å². The second kappa shape index (κ2) is 3.83. The highest BCUT2D eigenvalue weighted by atomic mass is 32.1. The topological polar surface area (TPSA) is 50.7 Å². The number of nitrogens with one attached hydrogen (secondary N) is 1. The molecule has 78 valence electrons. The standard InChI is InChI=1S/C10H12N4S/c1-2-7(1)5-11-6-8-14-9-10(15-8)13-4-3-12-9/h3-4,7,11H,1-2,5-6H2. The lowest BCUT2D eigenvalue weighted by molar-refractivity contribution is 0.637. The zero-order chi connectivity index (χ0) is 10.1. The van der Waals surface area contributed by atoms with Crippen LogP contribution in [0.25, 0.3) is 10.5 Å². The highest BCUT2D eigenvalue weighted by Crippen LogP contribution is 2.27. The molecule has 0 atom stereocenters. The van der Waals surface area contributed by atoms with Crippen molar-refractivity contribution in [2.45, 2.75) is 19.4 Å². The molecule has 1 saturated carbocycles. The quantitative estimate of drug-likeness (QED) is 0.850. The van der Waals surface area contributed by atoms with Crippen LogP contribution in [0.15, 0.2) is 12.4 Å². The summed E-state index contributed by atoms with van der Waals surface area (Å²) in [5, 5.41) is 4.50. The molecule has 0 amide bonds. The molecule has 0 aromatic carbocycles. The van der Waals surface area contributed by atoms with Gasteiger partial charge in [0, 0.05) is 18.9 Å². The molecule has 0 aliphatic heterocycles.